The molecule has 0 N–H and O–H groups in total. The zero-order valence-corrected chi connectivity index (χ0v) is 13.4. The maximum absolute atomic E-state index is 10.8. The van der Waals surface area contributed by atoms with E-state index < -0.39 is 0 Å². The molecule has 0 spiro atoms. The molecular weight excluding hydrogens is 327 g/mol. The highest BCUT2D eigenvalue weighted by atomic mass is 127. The number of Topliss-reactive ketones (excluding diaryl/α,β-unsaturated/α-hetero) is 1. The molecule has 0 saturated heterocycles. The standard InChI is InChI=1S/C7H11IO.C7H12O/c1-3-5-6(8)7(9)4-2;1-3-5-6-7(8)4-2/h5H,3-4H2,1-2H3;5-6H,3-4H2,1-2H3/b6-5-;6-5+. The van der Waals surface area contributed by atoms with Gasteiger partial charge in [-0.25, -0.2) is 0 Å². The maximum atomic E-state index is 10.8. The third kappa shape index (κ3) is 13.5. The molecule has 0 atom stereocenters. The Hall–Kier alpha value is -0.450. The van der Waals surface area contributed by atoms with Crippen molar-refractivity contribution in [2.24, 2.45) is 0 Å². The summed E-state index contributed by atoms with van der Waals surface area (Å²) in [5.41, 5.74) is 0. The molecule has 0 heterocycles. The molecular formula is C14H23IO2. The van der Waals surface area contributed by atoms with Gasteiger partial charge in [-0.15, -0.1) is 0 Å². The SMILES string of the molecule is CC/C=C(\I)C(=O)CC.CC/C=C/C(=O)CC. The van der Waals surface area contributed by atoms with Gasteiger partial charge in [0.2, 0.25) is 0 Å². The van der Waals surface area contributed by atoms with Gasteiger partial charge in [-0.05, 0) is 41.5 Å². The minimum absolute atomic E-state index is 0.215. The first-order valence-electron chi connectivity index (χ1n) is 6.11. The van der Waals surface area contributed by atoms with Gasteiger partial charge < -0.3 is 0 Å². The number of carbonyl (C=O) groups excluding carboxylic acids is 2. The molecule has 0 aliphatic rings. The van der Waals surface area contributed by atoms with Crippen molar-refractivity contribution in [2.45, 2.75) is 53.4 Å². The number of halogens is 1. The van der Waals surface area contributed by atoms with Crippen molar-refractivity contribution in [1.29, 1.82) is 0 Å². The van der Waals surface area contributed by atoms with Crippen LogP contribution < -0.4 is 0 Å². The van der Waals surface area contributed by atoms with Crippen LogP contribution in [0.4, 0.5) is 0 Å². The highest BCUT2D eigenvalue weighted by Crippen LogP contribution is 2.09. The predicted octanol–water partition coefficient (Wildman–Crippen LogP) is 4.63. The van der Waals surface area contributed by atoms with E-state index >= 15 is 0 Å². The van der Waals surface area contributed by atoms with E-state index in [1.165, 1.54) is 0 Å². The van der Waals surface area contributed by atoms with Crippen LogP contribution >= 0.6 is 22.6 Å². The van der Waals surface area contributed by atoms with E-state index in [2.05, 4.69) is 22.6 Å². The quantitative estimate of drug-likeness (QED) is 0.517. The number of ketones is 2. The lowest BCUT2D eigenvalue weighted by Crippen LogP contribution is -1.92. The fourth-order valence-corrected chi connectivity index (χ4v) is 1.65. The molecule has 2 nitrogen and oxygen atoms in total. The van der Waals surface area contributed by atoms with Gasteiger partial charge in [0.25, 0.3) is 0 Å². The molecule has 0 aliphatic heterocycles. The molecule has 0 aromatic carbocycles. The number of rotatable bonds is 6. The molecule has 0 radical (unpaired) electrons. The molecule has 0 fully saturated rings. The number of carbonyl (C=O) groups is 2. The van der Waals surface area contributed by atoms with Crippen LogP contribution in [0.1, 0.15) is 53.4 Å². The highest BCUT2D eigenvalue weighted by Gasteiger charge is 1.99. The average Bonchev–Trinajstić information content (AvgIpc) is 2.35. The Kier molecular flexibility index (Phi) is 15.1. The molecule has 0 amide bonds. The predicted molar refractivity (Wildman–Crippen MR) is 82.4 cm³/mol. The Morgan fingerprint density at radius 1 is 1.00 bits per heavy atom. The van der Waals surface area contributed by atoms with Gasteiger partial charge in [0.15, 0.2) is 11.6 Å². The van der Waals surface area contributed by atoms with Crippen molar-refractivity contribution >= 4 is 34.2 Å². The van der Waals surface area contributed by atoms with Crippen LogP contribution in [-0.2, 0) is 9.59 Å². The Labute approximate surface area is 119 Å². The first kappa shape index (κ1) is 18.9. The van der Waals surface area contributed by atoms with E-state index in [0.29, 0.717) is 12.8 Å². The van der Waals surface area contributed by atoms with Crippen molar-refractivity contribution in [3.05, 3.63) is 21.8 Å². The molecule has 17 heavy (non-hydrogen) atoms. The minimum Gasteiger partial charge on any atom is -0.295 e. The topological polar surface area (TPSA) is 34.1 Å². The van der Waals surface area contributed by atoms with Gasteiger partial charge in [0.1, 0.15) is 0 Å². The van der Waals surface area contributed by atoms with Crippen molar-refractivity contribution in [1.82, 2.24) is 0 Å². The van der Waals surface area contributed by atoms with E-state index in [1.807, 2.05) is 39.8 Å². The molecule has 0 rings (SSSR count). The second-order valence-electron chi connectivity index (χ2n) is 3.37. The Morgan fingerprint density at radius 3 is 1.94 bits per heavy atom. The third-order valence-electron chi connectivity index (χ3n) is 1.86. The van der Waals surface area contributed by atoms with E-state index in [0.717, 1.165) is 16.4 Å². The normalized spacial score (nSPS) is 11.0. The number of allylic oxidation sites excluding steroid dienone is 4. The summed E-state index contributed by atoms with van der Waals surface area (Å²) >= 11 is 2.08. The van der Waals surface area contributed by atoms with E-state index in [-0.39, 0.29) is 11.6 Å². The van der Waals surface area contributed by atoms with Crippen LogP contribution in [0.5, 0.6) is 0 Å². The fraction of sp³-hybridized carbons (Fsp3) is 0.571. The van der Waals surface area contributed by atoms with Crippen molar-refractivity contribution in [3.8, 4) is 0 Å². The lowest BCUT2D eigenvalue weighted by Gasteiger charge is -1.91. The van der Waals surface area contributed by atoms with Crippen molar-refractivity contribution in [2.75, 3.05) is 0 Å². The van der Waals surface area contributed by atoms with E-state index in [9.17, 15) is 9.59 Å². The summed E-state index contributed by atoms with van der Waals surface area (Å²) in [5, 5.41) is 0. The van der Waals surface area contributed by atoms with Crippen LogP contribution in [0.15, 0.2) is 21.8 Å². The highest BCUT2D eigenvalue weighted by molar-refractivity contribution is 14.1. The molecule has 0 unspecified atom stereocenters. The zero-order chi connectivity index (χ0) is 13.7. The smallest absolute Gasteiger partial charge is 0.168 e. The van der Waals surface area contributed by atoms with Gasteiger partial charge >= 0.3 is 0 Å². The van der Waals surface area contributed by atoms with Crippen molar-refractivity contribution in [3.63, 3.8) is 0 Å². The van der Waals surface area contributed by atoms with Crippen LogP contribution in [0, 0.1) is 0 Å². The molecule has 0 aliphatic carbocycles. The summed E-state index contributed by atoms with van der Waals surface area (Å²) in [6, 6.07) is 0. The number of hydrogen-bond acceptors (Lipinski definition) is 2. The molecule has 98 valence electrons. The molecule has 0 saturated carbocycles. The van der Waals surface area contributed by atoms with Crippen LogP contribution in [0.2, 0.25) is 0 Å². The summed E-state index contributed by atoms with van der Waals surface area (Å²) in [6.07, 6.45) is 8.61. The lowest BCUT2D eigenvalue weighted by molar-refractivity contribution is -0.115. The fourth-order valence-electron chi connectivity index (χ4n) is 0.829. The van der Waals surface area contributed by atoms with Gasteiger partial charge in [-0.3, -0.25) is 9.59 Å². The second kappa shape index (κ2) is 13.6. The second-order valence-corrected chi connectivity index (χ2v) is 4.53. The van der Waals surface area contributed by atoms with E-state index in [4.69, 9.17) is 0 Å². The zero-order valence-electron chi connectivity index (χ0n) is 11.3. The first-order valence-corrected chi connectivity index (χ1v) is 7.19. The number of hydrogen-bond donors (Lipinski definition) is 0. The minimum atomic E-state index is 0.215. The molecule has 0 aromatic rings. The maximum Gasteiger partial charge on any atom is 0.168 e. The van der Waals surface area contributed by atoms with Gasteiger partial charge in [-0.2, -0.15) is 0 Å². The Balaban J connectivity index is 0. The van der Waals surface area contributed by atoms with Gasteiger partial charge in [0.05, 0.1) is 3.58 Å². The summed E-state index contributed by atoms with van der Waals surface area (Å²) in [4.78, 5) is 21.3. The monoisotopic (exact) mass is 350 g/mol. The summed E-state index contributed by atoms with van der Waals surface area (Å²) in [5.74, 6) is 0.462. The van der Waals surface area contributed by atoms with Crippen molar-refractivity contribution < 1.29 is 9.59 Å². The van der Waals surface area contributed by atoms with Gasteiger partial charge in [-0.1, -0.05) is 39.8 Å². The first-order chi connectivity index (χ1) is 8.03. The van der Waals surface area contributed by atoms with Crippen LogP contribution in [-0.4, -0.2) is 11.6 Å². The molecule has 0 aromatic heterocycles. The van der Waals surface area contributed by atoms with Crippen LogP contribution in [0.25, 0.3) is 0 Å². The van der Waals surface area contributed by atoms with Gasteiger partial charge in [0, 0.05) is 12.8 Å². The van der Waals surface area contributed by atoms with Crippen LogP contribution in [0.3, 0.4) is 0 Å². The molecule has 3 heteroatoms. The summed E-state index contributed by atoms with van der Waals surface area (Å²) in [6.45, 7) is 7.79. The average molecular weight is 350 g/mol. The van der Waals surface area contributed by atoms with E-state index in [1.54, 1.807) is 6.08 Å². The summed E-state index contributed by atoms with van der Waals surface area (Å²) < 4.78 is 0.873. The largest absolute Gasteiger partial charge is 0.295 e. The lowest BCUT2D eigenvalue weighted by atomic mass is 10.3. The molecule has 0 bridgehead atoms. The third-order valence-corrected chi connectivity index (χ3v) is 2.90. The Morgan fingerprint density at radius 2 is 1.59 bits per heavy atom. The summed E-state index contributed by atoms with van der Waals surface area (Å²) in [7, 11) is 0. The Bertz CT molecular complexity index is 278.